The molecule has 0 spiro atoms. The average Bonchev–Trinajstić information content (AvgIpc) is 3.56. The molecule has 4 rings (SSSR count). The number of hydrogen-bond acceptors (Lipinski definition) is 7. The zero-order valence-electron chi connectivity index (χ0n) is 19.5. The van der Waals surface area contributed by atoms with Crippen LogP contribution in [-0.2, 0) is 22.7 Å². The summed E-state index contributed by atoms with van der Waals surface area (Å²) in [7, 11) is 0. The highest BCUT2D eigenvalue weighted by atomic mass is 19.1. The second kappa shape index (κ2) is 9.92. The molecule has 4 aromatic rings. The Labute approximate surface area is 200 Å². The third-order valence-electron chi connectivity index (χ3n) is 4.93. The Morgan fingerprint density at radius 2 is 1.80 bits per heavy atom. The number of rotatable bonds is 8. The molecule has 182 valence electrons. The van der Waals surface area contributed by atoms with Crippen molar-refractivity contribution in [3.63, 3.8) is 0 Å². The highest BCUT2D eigenvalue weighted by molar-refractivity contribution is 5.88. The highest BCUT2D eigenvalue weighted by Crippen LogP contribution is 2.26. The van der Waals surface area contributed by atoms with E-state index in [0.717, 1.165) is 4.80 Å². The van der Waals surface area contributed by atoms with Gasteiger partial charge in [-0.05, 0) is 74.5 Å². The van der Waals surface area contributed by atoms with Crippen molar-refractivity contribution in [2.45, 2.75) is 45.4 Å². The molecule has 3 aromatic heterocycles. The van der Waals surface area contributed by atoms with Crippen molar-refractivity contribution in [3.05, 3.63) is 78.4 Å². The minimum Gasteiger partial charge on any atom is -0.467 e. The van der Waals surface area contributed by atoms with Crippen molar-refractivity contribution < 1.29 is 22.8 Å². The summed E-state index contributed by atoms with van der Waals surface area (Å²) in [6.45, 7) is 5.25. The smallest absolute Gasteiger partial charge is 0.251 e. The number of carbonyl (C=O) groups excluding carboxylic acids is 2. The van der Waals surface area contributed by atoms with Gasteiger partial charge in [-0.15, -0.1) is 10.2 Å². The van der Waals surface area contributed by atoms with Crippen LogP contribution in [-0.4, -0.2) is 42.5 Å². The van der Waals surface area contributed by atoms with E-state index in [4.69, 9.17) is 8.83 Å². The average molecular weight is 481 g/mol. The fraction of sp³-hybridized carbons (Fsp3) is 0.292. The lowest BCUT2D eigenvalue weighted by Crippen LogP contribution is -2.49. The summed E-state index contributed by atoms with van der Waals surface area (Å²) in [6.07, 6.45) is 2.93. The van der Waals surface area contributed by atoms with Crippen LogP contribution in [0, 0.1) is 5.82 Å². The second-order valence-corrected chi connectivity index (χ2v) is 8.91. The Morgan fingerprint density at radius 3 is 2.43 bits per heavy atom. The summed E-state index contributed by atoms with van der Waals surface area (Å²) < 4.78 is 24.2. The normalized spacial score (nSPS) is 12.3. The van der Waals surface area contributed by atoms with E-state index in [-0.39, 0.29) is 24.7 Å². The van der Waals surface area contributed by atoms with Crippen LogP contribution in [0.3, 0.4) is 0 Å². The van der Waals surface area contributed by atoms with E-state index >= 15 is 0 Å². The summed E-state index contributed by atoms with van der Waals surface area (Å²) in [4.78, 5) is 29.3. The zero-order chi connectivity index (χ0) is 25.0. The molecule has 1 aromatic carbocycles. The van der Waals surface area contributed by atoms with E-state index in [9.17, 15) is 14.0 Å². The third kappa shape index (κ3) is 5.99. The fourth-order valence-electron chi connectivity index (χ4n) is 3.44. The first-order valence-electron chi connectivity index (χ1n) is 10.9. The summed E-state index contributed by atoms with van der Waals surface area (Å²) in [5, 5.41) is 15.0. The second-order valence-electron chi connectivity index (χ2n) is 8.91. The molecule has 0 aliphatic heterocycles. The Morgan fingerprint density at radius 1 is 1.09 bits per heavy atom. The topological polar surface area (TPSA) is 119 Å². The number of halogens is 1. The van der Waals surface area contributed by atoms with E-state index in [2.05, 4.69) is 20.7 Å². The van der Waals surface area contributed by atoms with E-state index < -0.39 is 23.4 Å². The predicted molar refractivity (Wildman–Crippen MR) is 122 cm³/mol. The lowest BCUT2D eigenvalue weighted by molar-refractivity contribution is -0.144. The highest BCUT2D eigenvalue weighted by Gasteiger charge is 2.36. The number of amides is 2. The molecule has 10 nitrogen and oxygen atoms in total. The monoisotopic (exact) mass is 480 g/mol. The SMILES string of the molecule is CC(C)(C)NC(=O)C(c1ccco1)N(Cc1ccco1)C(=O)Cn1nnc(-c2ccc(F)cc2)n1. The summed E-state index contributed by atoms with van der Waals surface area (Å²) >= 11 is 0. The van der Waals surface area contributed by atoms with Crippen LogP contribution in [0.15, 0.2) is 69.9 Å². The van der Waals surface area contributed by atoms with Gasteiger partial charge in [-0.2, -0.15) is 4.80 Å². The number of hydrogen-bond donors (Lipinski definition) is 1. The molecular weight excluding hydrogens is 455 g/mol. The lowest BCUT2D eigenvalue weighted by Gasteiger charge is -2.31. The van der Waals surface area contributed by atoms with E-state index in [1.165, 1.54) is 41.7 Å². The first kappa shape index (κ1) is 23.9. The Bertz CT molecular complexity index is 1260. The van der Waals surface area contributed by atoms with Gasteiger partial charge < -0.3 is 19.1 Å². The molecule has 1 N–H and O–H groups in total. The molecule has 0 aliphatic carbocycles. The van der Waals surface area contributed by atoms with Crippen molar-refractivity contribution in [2.24, 2.45) is 0 Å². The quantitative estimate of drug-likeness (QED) is 0.411. The number of aromatic nitrogens is 4. The van der Waals surface area contributed by atoms with E-state index in [1.807, 2.05) is 20.8 Å². The maximum atomic E-state index is 13.5. The van der Waals surface area contributed by atoms with Gasteiger partial charge >= 0.3 is 0 Å². The molecule has 3 heterocycles. The predicted octanol–water partition coefficient (Wildman–Crippen LogP) is 3.35. The van der Waals surface area contributed by atoms with Crippen molar-refractivity contribution in [1.29, 1.82) is 0 Å². The van der Waals surface area contributed by atoms with Gasteiger partial charge in [0.25, 0.3) is 5.91 Å². The van der Waals surface area contributed by atoms with Gasteiger partial charge in [-0.3, -0.25) is 9.59 Å². The number of furan rings is 2. The van der Waals surface area contributed by atoms with Crippen LogP contribution in [0.25, 0.3) is 11.4 Å². The molecule has 0 aliphatic rings. The largest absolute Gasteiger partial charge is 0.467 e. The van der Waals surface area contributed by atoms with E-state index in [1.54, 1.807) is 24.3 Å². The third-order valence-corrected chi connectivity index (χ3v) is 4.93. The first-order chi connectivity index (χ1) is 16.7. The Balaban J connectivity index is 1.63. The molecule has 2 amide bonds. The molecular formula is C24H25FN6O4. The Kier molecular flexibility index (Phi) is 6.76. The molecule has 11 heteroatoms. The van der Waals surface area contributed by atoms with Crippen LogP contribution in [0.5, 0.6) is 0 Å². The lowest BCUT2D eigenvalue weighted by atomic mass is 10.1. The van der Waals surface area contributed by atoms with Gasteiger partial charge in [0.05, 0.1) is 19.1 Å². The molecule has 0 fully saturated rings. The first-order valence-corrected chi connectivity index (χ1v) is 10.9. The minimum atomic E-state index is -1.07. The molecule has 0 saturated carbocycles. The van der Waals surface area contributed by atoms with Gasteiger partial charge in [-0.25, -0.2) is 4.39 Å². The van der Waals surface area contributed by atoms with Crippen LogP contribution >= 0.6 is 0 Å². The van der Waals surface area contributed by atoms with E-state index in [0.29, 0.717) is 17.1 Å². The van der Waals surface area contributed by atoms with Crippen LogP contribution in [0.4, 0.5) is 4.39 Å². The number of nitrogens with zero attached hydrogens (tertiary/aromatic N) is 5. The maximum absolute atomic E-state index is 13.5. The van der Waals surface area contributed by atoms with Crippen LogP contribution in [0.1, 0.15) is 38.3 Å². The van der Waals surface area contributed by atoms with Crippen LogP contribution < -0.4 is 5.32 Å². The van der Waals surface area contributed by atoms with Crippen molar-refractivity contribution in [1.82, 2.24) is 30.4 Å². The molecule has 1 atom stereocenters. The number of nitrogens with one attached hydrogen (secondary N) is 1. The molecule has 0 saturated heterocycles. The maximum Gasteiger partial charge on any atom is 0.251 e. The van der Waals surface area contributed by atoms with Crippen molar-refractivity contribution >= 4 is 11.8 Å². The summed E-state index contributed by atoms with van der Waals surface area (Å²) in [6, 6.07) is 11.2. The standard InChI is InChI=1S/C24H25FN6O4/c1-24(2,3)26-23(33)21(19-7-5-13-35-19)30(14-18-6-4-12-34-18)20(32)15-31-28-22(27-29-31)16-8-10-17(25)11-9-16/h4-13,21H,14-15H2,1-3H3,(H,26,33). The van der Waals surface area contributed by atoms with Crippen molar-refractivity contribution in [3.8, 4) is 11.4 Å². The minimum absolute atomic E-state index is 0.00821. The van der Waals surface area contributed by atoms with Gasteiger partial charge in [-0.1, -0.05) is 0 Å². The van der Waals surface area contributed by atoms with Gasteiger partial charge in [0.15, 0.2) is 6.04 Å². The molecule has 0 radical (unpaired) electrons. The summed E-state index contributed by atoms with van der Waals surface area (Å²) in [5.74, 6) is -0.242. The van der Waals surface area contributed by atoms with Crippen LogP contribution in [0.2, 0.25) is 0 Å². The number of benzene rings is 1. The van der Waals surface area contributed by atoms with Gasteiger partial charge in [0.2, 0.25) is 11.7 Å². The fourth-order valence-corrected chi connectivity index (χ4v) is 3.44. The summed E-state index contributed by atoms with van der Waals surface area (Å²) in [5.41, 5.74) is 0.00863. The molecule has 35 heavy (non-hydrogen) atoms. The Hall–Kier alpha value is -4.28. The van der Waals surface area contributed by atoms with Gasteiger partial charge in [0, 0.05) is 11.1 Å². The number of carbonyl (C=O) groups is 2. The molecule has 1 unspecified atom stereocenters. The zero-order valence-corrected chi connectivity index (χ0v) is 19.5. The number of tetrazole rings is 1. The molecule has 0 bridgehead atoms. The van der Waals surface area contributed by atoms with Crippen molar-refractivity contribution in [2.75, 3.05) is 0 Å². The van der Waals surface area contributed by atoms with Gasteiger partial charge in [0.1, 0.15) is 23.9 Å².